The molecule has 0 spiro atoms. The minimum absolute atomic E-state index is 0.137. The lowest BCUT2D eigenvalue weighted by molar-refractivity contribution is -0.151. The Bertz CT molecular complexity index is 583. The van der Waals surface area contributed by atoms with E-state index in [4.69, 9.17) is 4.74 Å². The number of benzene rings is 1. The number of methoxy groups -OCH3 is 1. The molecule has 3 rings (SSSR count). The predicted molar refractivity (Wildman–Crippen MR) is 87.7 cm³/mol. The maximum atomic E-state index is 13.7. The lowest BCUT2D eigenvalue weighted by Gasteiger charge is -2.42. The number of amides is 1. The van der Waals surface area contributed by atoms with Gasteiger partial charge in [0, 0.05) is 20.2 Å². The Morgan fingerprint density at radius 1 is 1.43 bits per heavy atom. The molecular formula is C19H26FNO2. The first-order valence-electron chi connectivity index (χ1n) is 8.57. The first kappa shape index (κ1) is 16.4. The third kappa shape index (κ3) is 3.27. The molecule has 0 aromatic heterocycles. The van der Waals surface area contributed by atoms with E-state index in [0.29, 0.717) is 18.1 Å². The Morgan fingerprint density at radius 3 is 2.83 bits per heavy atom. The lowest BCUT2D eigenvalue weighted by Crippen LogP contribution is -2.49. The van der Waals surface area contributed by atoms with Crippen molar-refractivity contribution in [1.29, 1.82) is 0 Å². The maximum absolute atomic E-state index is 13.7. The van der Waals surface area contributed by atoms with Crippen LogP contribution in [0.15, 0.2) is 18.2 Å². The summed E-state index contributed by atoms with van der Waals surface area (Å²) in [4.78, 5) is 14.8. The zero-order valence-electron chi connectivity index (χ0n) is 14.1. The molecule has 1 aromatic carbocycles. The molecule has 1 aliphatic heterocycles. The van der Waals surface area contributed by atoms with Gasteiger partial charge in [-0.25, -0.2) is 4.39 Å². The summed E-state index contributed by atoms with van der Waals surface area (Å²) >= 11 is 0. The van der Waals surface area contributed by atoms with Gasteiger partial charge in [0.15, 0.2) is 0 Å². The summed E-state index contributed by atoms with van der Waals surface area (Å²) in [5.74, 6) is 0.561. The standard InChI is InChI=1S/C19H26FNO2/c1-14-4-5-15(11-17(14)20)10-16-6-9-21(12-16)18(22)19(13-23-2)7-3-8-19/h4-5,11,16H,3,6-10,12-13H2,1-2H3. The number of hydrogen-bond acceptors (Lipinski definition) is 2. The topological polar surface area (TPSA) is 29.5 Å². The molecule has 1 saturated heterocycles. The van der Waals surface area contributed by atoms with E-state index >= 15 is 0 Å². The van der Waals surface area contributed by atoms with Gasteiger partial charge in [0.05, 0.1) is 12.0 Å². The predicted octanol–water partition coefficient (Wildman–Crippen LogP) is 3.34. The Morgan fingerprint density at radius 2 is 2.22 bits per heavy atom. The quantitative estimate of drug-likeness (QED) is 0.833. The molecule has 23 heavy (non-hydrogen) atoms. The zero-order valence-corrected chi connectivity index (χ0v) is 14.1. The number of carbonyl (C=O) groups excluding carboxylic acids is 1. The van der Waals surface area contributed by atoms with Crippen molar-refractivity contribution in [3.05, 3.63) is 35.1 Å². The monoisotopic (exact) mass is 319 g/mol. The third-order valence-corrected chi connectivity index (χ3v) is 5.52. The Labute approximate surface area is 137 Å². The van der Waals surface area contributed by atoms with Crippen LogP contribution in [0.3, 0.4) is 0 Å². The maximum Gasteiger partial charge on any atom is 0.231 e. The van der Waals surface area contributed by atoms with E-state index < -0.39 is 0 Å². The van der Waals surface area contributed by atoms with Crippen LogP contribution in [0.25, 0.3) is 0 Å². The average molecular weight is 319 g/mol. The van der Waals surface area contributed by atoms with Crippen LogP contribution in [0.5, 0.6) is 0 Å². The molecule has 3 nitrogen and oxygen atoms in total. The third-order valence-electron chi connectivity index (χ3n) is 5.52. The minimum atomic E-state index is -0.264. The van der Waals surface area contributed by atoms with Crippen molar-refractivity contribution in [2.24, 2.45) is 11.3 Å². The van der Waals surface area contributed by atoms with Gasteiger partial charge in [0.2, 0.25) is 5.91 Å². The molecule has 4 heteroatoms. The van der Waals surface area contributed by atoms with Gasteiger partial charge in [0.1, 0.15) is 5.82 Å². The van der Waals surface area contributed by atoms with E-state index in [9.17, 15) is 9.18 Å². The number of halogens is 1. The highest BCUT2D eigenvalue weighted by molar-refractivity contribution is 5.84. The van der Waals surface area contributed by atoms with Crippen molar-refractivity contribution in [2.75, 3.05) is 26.8 Å². The fourth-order valence-electron chi connectivity index (χ4n) is 3.92. The van der Waals surface area contributed by atoms with E-state index in [1.165, 1.54) is 0 Å². The van der Waals surface area contributed by atoms with Crippen molar-refractivity contribution in [1.82, 2.24) is 4.90 Å². The summed E-state index contributed by atoms with van der Waals surface area (Å²) in [5.41, 5.74) is 1.45. The highest BCUT2D eigenvalue weighted by Crippen LogP contribution is 2.43. The Hall–Kier alpha value is -1.42. The van der Waals surface area contributed by atoms with Crippen molar-refractivity contribution in [3.8, 4) is 0 Å². The number of hydrogen-bond donors (Lipinski definition) is 0. The van der Waals surface area contributed by atoms with Crippen LogP contribution in [0, 0.1) is 24.1 Å². The molecule has 126 valence electrons. The van der Waals surface area contributed by atoms with Crippen LogP contribution in [0.2, 0.25) is 0 Å². The zero-order chi connectivity index (χ0) is 16.4. The molecular weight excluding hydrogens is 293 g/mol. The molecule has 1 aromatic rings. The molecule has 0 N–H and O–H groups in total. The molecule has 0 bridgehead atoms. The van der Waals surface area contributed by atoms with Crippen molar-refractivity contribution >= 4 is 5.91 Å². The summed E-state index contributed by atoms with van der Waals surface area (Å²) in [6.45, 7) is 3.93. The molecule has 1 heterocycles. The molecule has 1 atom stereocenters. The van der Waals surface area contributed by atoms with Gasteiger partial charge in [0.25, 0.3) is 0 Å². The van der Waals surface area contributed by atoms with Crippen LogP contribution in [0.4, 0.5) is 4.39 Å². The van der Waals surface area contributed by atoms with Crippen LogP contribution in [0.1, 0.15) is 36.8 Å². The van der Waals surface area contributed by atoms with E-state index in [2.05, 4.69) is 0 Å². The van der Waals surface area contributed by atoms with Gasteiger partial charge >= 0.3 is 0 Å². The van der Waals surface area contributed by atoms with Gasteiger partial charge in [-0.3, -0.25) is 4.79 Å². The van der Waals surface area contributed by atoms with Crippen molar-refractivity contribution in [2.45, 2.75) is 39.0 Å². The molecule has 1 amide bonds. The molecule has 1 unspecified atom stereocenters. The smallest absolute Gasteiger partial charge is 0.231 e. The Kier molecular flexibility index (Phi) is 4.72. The van der Waals surface area contributed by atoms with Crippen LogP contribution in [-0.2, 0) is 16.0 Å². The van der Waals surface area contributed by atoms with Gasteiger partial charge < -0.3 is 9.64 Å². The summed E-state index contributed by atoms with van der Waals surface area (Å²) in [7, 11) is 1.67. The first-order valence-corrected chi connectivity index (χ1v) is 8.57. The number of aryl methyl sites for hydroxylation is 1. The second-order valence-electron chi connectivity index (χ2n) is 7.26. The number of carbonyl (C=O) groups is 1. The van der Waals surface area contributed by atoms with E-state index in [0.717, 1.165) is 50.8 Å². The Balaban J connectivity index is 1.59. The second kappa shape index (κ2) is 6.60. The molecule has 2 fully saturated rings. The fourth-order valence-corrected chi connectivity index (χ4v) is 3.92. The normalized spacial score (nSPS) is 22.9. The summed E-state index contributed by atoms with van der Waals surface area (Å²) in [6, 6.07) is 5.48. The largest absolute Gasteiger partial charge is 0.384 e. The van der Waals surface area contributed by atoms with Crippen molar-refractivity contribution < 1.29 is 13.9 Å². The SMILES string of the molecule is COCC1(C(=O)N2CCC(Cc3ccc(C)c(F)c3)C2)CCC1. The molecule has 1 aliphatic carbocycles. The highest BCUT2D eigenvalue weighted by atomic mass is 19.1. The number of nitrogens with zero attached hydrogens (tertiary/aromatic N) is 1. The molecule has 1 saturated carbocycles. The first-order chi connectivity index (χ1) is 11.0. The summed E-state index contributed by atoms with van der Waals surface area (Å²) in [5, 5.41) is 0. The van der Waals surface area contributed by atoms with Crippen LogP contribution < -0.4 is 0 Å². The van der Waals surface area contributed by atoms with Crippen LogP contribution in [-0.4, -0.2) is 37.6 Å². The van der Waals surface area contributed by atoms with Crippen LogP contribution >= 0.6 is 0 Å². The number of likely N-dealkylation sites (tertiary alicyclic amines) is 1. The lowest BCUT2D eigenvalue weighted by atomic mass is 9.68. The van der Waals surface area contributed by atoms with Gasteiger partial charge in [-0.1, -0.05) is 18.6 Å². The second-order valence-corrected chi connectivity index (χ2v) is 7.26. The molecule has 0 radical (unpaired) electrons. The average Bonchev–Trinajstić information content (AvgIpc) is 2.94. The number of ether oxygens (including phenoxy) is 1. The minimum Gasteiger partial charge on any atom is -0.384 e. The fraction of sp³-hybridized carbons (Fsp3) is 0.632. The van der Waals surface area contributed by atoms with E-state index in [1.54, 1.807) is 20.1 Å². The van der Waals surface area contributed by atoms with E-state index in [-0.39, 0.29) is 17.1 Å². The van der Waals surface area contributed by atoms with Gasteiger partial charge in [-0.15, -0.1) is 0 Å². The van der Waals surface area contributed by atoms with E-state index in [1.807, 2.05) is 17.0 Å². The number of rotatable bonds is 5. The van der Waals surface area contributed by atoms with Crippen molar-refractivity contribution in [3.63, 3.8) is 0 Å². The molecule has 2 aliphatic rings. The van der Waals surface area contributed by atoms with Gasteiger partial charge in [-0.05, 0) is 55.7 Å². The van der Waals surface area contributed by atoms with Gasteiger partial charge in [-0.2, -0.15) is 0 Å². The highest BCUT2D eigenvalue weighted by Gasteiger charge is 2.47. The summed E-state index contributed by atoms with van der Waals surface area (Å²) in [6.07, 6.45) is 4.87. The summed E-state index contributed by atoms with van der Waals surface area (Å²) < 4.78 is 19.0.